The van der Waals surface area contributed by atoms with E-state index in [2.05, 4.69) is 26.1 Å². The van der Waals surface area contributed by atoms with E-state index in [1.54, 1.807) is 0 Å². The van der Waals surface area contributed by atoms with Crippen LogP contribution in [0.3, 0.4) is 0 Å². The van der Waals surface area contributed by atoms with Crippen LogP contribution in [0.2, 0.25) is 0 Å². The van der Waals surface area contributed by atoms with E-state index >= 15 is 0 Å². The van der Waals surface area contributed by atoms with Crippen molar-refractivity contribution in [1.29, 1.82) is 0 Å². The van der Waals surface area contributed by atoms with Crippen molar-refractivity contribution in [2.45, 2.75) is 130 Å². The van der Waals surface area contributed by atoms with Crippen LogP contribution in [0.4, 0.5) is 0 Å². The number of rotatable bonds is 18. The van der Waals surface area contributed by atoms with Crippen LogP contribution in [0.5, 0.6) is 0 Å². The van der Waals surface area contributed by atoms with Gasteiger partial charge in [0.15, 0.2) is 0 Å². The topological polar surface area (TPSA) is 12.0 Å². The Morgan fingerprint density at radius 3 is 1.38 bits per heavy atom. The minimum atomic E-state index is 0. The molecule has 0 radical (unpaired) electrons. The van der Waals surface area contributed by atoms with E-state index in [-0.39, 0.29) is 19.5 Å². The van der Waals surface area contributed by atoms with Crippen molar-refractivity contribution in [3.05, 3.63) is 0 Å². The van der Waals surface area contributed by atoms with Gasteiger partial charge in [0.1, 0.15) is 4.32 Å². The summed E-state index contributed by atoms with van der Waals surface area (Å²) in [7, 11) is 0. The van der Waals surface area contributed by atoms with Crippen LogP contribution in [0.1, 0.15) is 124 Å². The zero-order valence-corrected chi connectivity index (χ0v) is 22.7. The van der Waals surface area contributed by atoms with Gasteiger partial charge in [0.2, 0.25) is 0 Å². The summed E-state index contributed by atoms with van der Waals surface area (Å²) in [6.45, 7) is 6.57. The predicted octanol–water partition coefficient (Wildman–Crippen LogP) is 8.26. The van der Waals surface area contributed by atoms with Gasteiger partial charge in [-0.3, -0.25) is 0 Å². The van der Waals surface area contributed by atoms with E-state index in [9.17, 15) is 0 Å². The first-order valence-corrected chi connectivity index (χ1v) is 12.5. The van der Waals surface area contributed by atoms with Crippen LogP contribution in [0.25, 0.3) is 0 Å². The summed E-state index contributed by atoms with van der Waals surface area (Å²) in [4.78, 5) is 0. The van der Waals surface area contributed by atoms with Gasteiger partial charge in [0, 0.05) is 31.3 Å². The Bertz CT molecular complexity index is 285. The van der Waals surface area contributed by atoms with Crippen molar-refractivity contribution in [2.75, 3.05) is 5.75 Å². The fraction of sp³-hybridized carbons (Fsp3) is 0.955. The van der Waals surface area contributed by atoms with Gasteiger partial charge in [0.05, 0.1) is 0 Å². The second-order valence-electron chi connectivity index (χ2n) is 7.74. The second kappa shape index (κ2) is 23.9. The normalized spacial score (nSPS) is 10.8. The average molecular weight is 453 g/mol. The van der Waals surface area contributed by atoms with Crippen molar-refractivity contribution >= 4 is 28.3 Å². The molecule has 0 aromatic carbocycles. The summed E-state index contributed by atoms with van der Waals surface area (Å²) in [6, 6.07) is 0.464. The standard InChI is InChI=1S/C22H45NS2.Zn/c1-4-5-6-7-8-9-10-11-12-13-14-15-16-17-18-19-20-25-22(24)23-21(2)3;/h21H,4-20H2,1-3H3,(H,23,24);. The molecular formula is C22H45NS2Zn. The van der Waals surface area contributed by atoms with E-state index in [1.807, 2.05) is 11.8 Å². The summed E-state index contributed by atoms with van der Waals surface area (Å²) < 4.78 is 0.968. The predicted molar refractivity (Wildman–Crippen MR) is 123 cm³/mol. The molecule has 0 bridgehead atoms. The molecule has 0 aromatic rings. The molecule has 0 spiro atoms. The van der Waals surface area contributed by atoms with Crippen LogP contribution in [0, 0.1) is 0 Å². The number of thioether (sulfide) groups is 1. The minimum absolute atomic E-state index is 0. The fourth-order valence-electron chi connectivity index (χ4n) is 3.09. The Morgan fingerprint density at radius 1 is 0.692 bits per heavy atom. The van der Waals surface area contributed by atoms with Crippen molar-refractivity contribution in [2.24, 2.45) is 0 Å². The molecule has 1 nitrogen and oxygen atoms in total. The Kier molecular flexibility index (Phi) is 26.7. The van der Waals surface area contributed by atoms with Gasteiger partial charge in [0.25, 0.3) is 0 Å². The molecule has 0 unspecified atom stereocenters. The molecule has 0 atom stereocenters. The summed E-state index contributed by atoms with van der Waals surface area (Å²) >= 11 is 7.10. The van der Waals surface area contributed by atoms with Gasteiger partial charge in [-0.25, -0.2) is 0 Å². The van der Waals surface area contributed by atoms with Crippen molar-refractivity contribution in [1.82, 2.24) is 5.32 Å². The molecule has 0 amide bonds. The Balaban J connectivity index is 0. The maximum Gasteiger partial charge on any atom is 0.133 e. The number of hydrogen-bond acceptors (Lipinski definition) is 2. The fourth-order valence-corrected chi connectivity index (χ4v) is 4.43. The Labute approximate surface area is 187 Å². The van der Waals surface area contributed by atoms with Crippen molar-refractivity contribution < 1.29 is 19.5 Å². The molecule has 0 fully saturated rings. The first kappa shape index (κ1) is 29.1. The first-order valence-electron chi connectivity index (χ1n) is 11.1. The molecular weight excluding hydrogens is 408 g/mol. The van der Waals surface area contributed by atoms with Crippen LogP contribution >= 0.6 is 24.0 Å². The first-order chi connectivity index (χ1) is 12.2. The van der Waals surface area contributed by atoms with Crippen molar-refractivity contribution in [3.8, 4) is 0 Å². The zero-order chi connectivity index (χ0) is 18.6. The van der Waals surface area contributed by atoms with Gasteiger partial charge in [-0.05, 0) is 20.3 Å². The molecule has 0 heterocycles. The van der Waals surface area contributed by atoms with Crippen LogP contribution in [0.15, 0.2) is 0 Å². The zero-order valence-electron chi connectivity index (χ0n) is 18.1. The Hall–Kier alpha value is 0.863. The van der Waals surface area contributed by atoms with E-state index in [0.29, 0.717) is 6.04 Å². The van der Waals surface area contributed by atoms with Crippen LogP contribution < -0.4 is 5.32 Å². The third-order valence-electron chi connectivity index (χ3n) is 4.64. The molecule has 0 aliphatic carbocycles. The SMILES string of the molecule is CCCCCCCCCCCCCCCCCCSC(=S)NC(C)C.[Zn]. The third kappa shape index (κ3) is 24.9. The average Bonchev–Trinajstić information content (AvgIpc) is 2.57. The molecule has 4 heteroatoms. The van der Waals surface area contributed by atoms with Gasteiger partial charge in [-0.15, -0.1) is 0 Å². The molecule has 0 saturated carbocycles. The molecule has 0 aliphatic rings. The van der Waals surface area contributed by atoms with Gasteiger partial charge >= 0.3 is 0 Å². The van der Waals surface area contributed by atoms with Crippen LogP contribution in [-0.2, 0) is 19.5 Å². The van der Waals surface area contributed by atoms with E-state index in [1.165, 1.54) is 108 Å². The summed E-state index contributed by atoms with van der Waals surface area (Å²) in [5.74, 6) is 1.18. The third-order valence-corrected chi connectivity index (χ3v) is 5.98. The smallest absolute Gasteiger partial charge is 0.133 e. The molecule has 0 saturated heterocycles. The van der Waals surface area contributed by atoms with Gasteiger partial charge < -0.3 is 5.32 Å². The molecule has 0 aliphatic heterocycles. The maximum absolute atomic E-state index is 5.29. The summed E-state index contributed by atoms with van der Waals surface area (Å²) in [6.07, 6.45) is 22.9. The molecule has 0 aromatic heterocycles. The summed E-state index contributed by atoms with van der Waals surface area (Å²) in [5.41, 5.74) is 0. The minimum Gasteiger partial charge on any atom is -0.369 e. The van der Waals surface area contributed by atoms with Gasteiger partial charge in [-0.2, -0.15) is 0 Å². The monoisotopic (exact) mass is 451 g/mol. The van der Waals surface area contributed by atoms with Gasteiger partial charge in [-0.1, -0.05) is 127 Å². The van der Waals surface area contributed by atoms with E-state index < -0.39 is 0 Å². The number of hydrogen-bond donors (Lipinski definition) is 1. The summed E-state index contributed by atoms with van der Waals surface area (Å²) in [5, 5.41) is 3.29. The number of thiocarbonyl (C=S) groups is 1. The molecule has 26 heavy (non-hydrogen) atoms. The van der Waals surface area contributed by atoms with E-state index in [0.717, 1.165) is 4.32 Å². The van der Waals surface area contributed by atoms with E-state index in [4.69, 9.17) is 12.2 Å². The number of unbranched alkanes of at least 4 members (excludes halogenated alkanes) is 15. The van der Waals surface area contributed by atoms with Crippen molar-refractivity contribution in [3.63, 3.8) is 0 Å². The second-order valence-corrected chi connectivity index (χ2v) is 9.51. The largest absolute Gasteiger partial charge is 0.369 e. The molecule has 1 N–H and O–H groups in total. The molecule has 152 valence electrons. The maximum atomic E-state index is 5.29. The quantitative estimate of drug-likeness (QED) is 0.128. The molecule has 0 rings (SSSR count). The number of nitrogens with one attached hydrogen (secondary N) is 1. The Morgan fingerprint density at radius 2 is 1.04 bits per heavy atom. The van der Waals surface area contributed by atoms with Crippen LogP contribution in [-0.4, -0.2) is 16.1 Å².